The third-order valence-corrected chi connectivity index (χ3v) is 5.29. The van der Waals surface area contributed by atoms with Gasteiger partial charge in [-0.1, -0.05) is 24.8 Å². The molecular formula is C18H23N3O2S. The fraction of sp³-hybridized carbons (Fsp3) is 0.500. The number of carbonyl (C=O) groups excluding carboxylic acids is 1. The largest absolute Gasteiger partial charge is 0.411 e. The molecule has 2 aromatic rings. The first-order valence-corrected chi connectivity index (χ1v) is 9.33. The van der Waals surface area contributed by atoms with E-state index in [-0.39, 0.29) is 5.91 Å². The van der Waals surface area contributed by atoms with Crippen LogP contribution in [0.4, 0.5) is 0 Å². The van der Waals surface area contributed by atoms with Crippen molar-refractivity contribution in [2.45, 2.75) is 38.8 Å². The van der Waals surface area contributed by atoms with Crippen LogP contribution in [0.15, 0.2) is 27.8 Å². The number of nitrogens with zero attached hydrogens (tertiary/aromatic N) is 3. The second-order valence-corrected chi connectivity index (χ2v) is 7.47. The summed E-state index contributed by atoms with van der Waals surface area (Å²) < 4.78 is 5.69. The SMILES string of the molecule is Cc1ccc(-c2nnc(SCC(=O)N3CCCC(C)C3)o2)cc1C. The summed E-state index contributed by atoms with van der Waals surface area (Å²) in [5, 5.41) is 8.60. The van der Waals surface area contributed by atoms with Crippen LogP contribution < -0.4 is 0 Å². The van der Waals surface area contributed by atoms with Gasteiger partial charge >= 0.3 is 0 Å². The van der Waals surface area contributed by atoms with Gasteiger partial charge < -0.3 is 9.32 Å². The smallest absolute Gasteiger partial charge is 0.277 e. The minimum Gasteiger partial charge on any atom is -0.411 e. The molecule has 0 spiro atoms. The maximum absolute atomic E-state index is 12.3. The normalized spacial score (nSPS) is 18.0. The maximum atomic E-state index is 12.3. The van der Waals surface area contributed by atoms with Crippen molar-refractivity contribution in [3.05, 3.63) is 29.3 Å². The average molecular weight is 345 g/mol. The number of aromatic nitrogens is 2. The number of aryl methyl sites for hydroxylation is 2. The molecule has 1 unspecified atom stereocenters. The molecule has 3 rings (SSSR count). The number of likely N-dealkylation sites (tertiary alicyclic amines) is 1. The van der Waals surface area contributed by atoms with Gasteiger partial charge in [0.2, 0.25) is 11.8 Å². The van der Waals surface area contributed by atoms with Crippen LogP contribution in [0.2, 0.25) is 0 Å². The highest BCUT2D eigenvalue weighted by Gasteiger charge is 2.21. The molecule has 128 valence electrons. The summed E-state index contributed by atoms with van der Waals surface area (Å²) in [6, 6.07) is 6.06. The van der Waals surface area contributed by atoms with Crippen LogP contribution in [0.3, 0.4) is 0 Å². The van der Waals surface area contributed by atoms with Crippen molar-refractivity contribution in [2.24, 2.45) is 5.92 Å². The zero-order valence-electron chi connectivity index (χ0n) is 14.4. The van der Waals surface area contributed by atoms with E-state index in [0.29, 0.717) is 22.8 Å². The molecule has 1 amide bonds. The van der Waals surface area contributed by atoms with Crippen LogP contribution in [0.25, 0.3) is 11.5 Å². The molecule has 0 bridgehead atoms. The van der Waals surface area contributed by atoms with Gasteiger partial charge in [-0.3, -0.25) is 4.79 Å². The lowest BCUT2D eigenvalue weighted by atomic mass is 10.0. The Bertz CT molecular complexity index is 729. The van der Waals surface area contributed by atoms with E-state index >= 15 is 0 Å². The molecular weight excluding hydrogens is 322 g/mol. The molecule has 1 saturated heterocycles. The Morgan fingerprint density at radius 3 is 2.92 bits per heavy atom. The van der Waals surface area contributed by atoms with Crippen LogP contribution in [-0.2, 0) is 4.79 Å². The number of rotatable bonds is 4. The zero-order chi connectivity index (χ0) is 17.1. The fourth-order valence-electron chi connectivity index (χ4n) is 2.89. The zero-order valence-corrected chi connectivity index (χ0v) is 15.2. The first-order chi connectivity index (χ1) is 11.5. The molecule has 24 heavy (non-hydrogen) atoms. The van der Waals surface area contributed by atoms with E-state index in [4.69, 9.17) is 4.42 Å². The van der Waals surface area contributed by atoms with E-state index in [9.17, 15) is 4.79 Å². The lowest BCUT2D eigenvalue weighted by Crippen LogP contribution is -2.40. The van der Waals surface area contributed by atoms with Crippen molar-refractivity contribution in [1.82, 2.24) is 15.1 Å². The molecule has 1 aromatic heterocycles. The van der Waals surface area contributed by atoms with E-state index in [1.54, 1.807) is 0 Å². The molecule has 1 atom stereocenters. The molecule has 2 heterocycles. The van der Waals surface area contributed by atoms with Crippen molar-refractivity contribution in [3.63, 3.8) is 0 Å². The molecule has 1 aliphatic rings. The summed E-state index contributed by atoms with van der Waals surface area (Å²) in [7, 11) is 0. The van der Waals surface area contributed by atoms with E-state index in [2.05, 4.69) is 31.0 Å². The molecule has 0 radical (unpaired) electrons. The van der Waals surface area contributed by atoms with Gasteiger partial charge in [-0.2, -0.15) is 0 Å². The number of hydrogen-bond acceptors (Lipinski definition) is 5. The van der Waals surface area contributed by atoms with E-state index in [0.717, 1.165) is 25.1 Å². The van der Waals surface area contributed by atoms with Gasteiger partial charge in [0.25, 0.3) is 5.22 Å². The van der Waals surface area contributed by atoms with Crippen LogP contribution in [-0.4, -0.2) is 39.8 Å². The minimum atomic E-state index is 0.150. The second-order valence-electron chi connectivity index (χ2n) is 6.55. The Kier molecular flexibility index (Phi) is 5.23. The number of carbonyl (C=O) groups is 1. The first kappa shape index (κ1) is 17.0. The monoisotopic (exact) mass is 345 g/mol. The Labute approximate surface area is 146 Å². The predicted molar refractivity (Wildman–Crippen MR) is 94.9 cm³/mol. The predicted octanol–water partition coefficient (Wildman–Crippen LogP) is 3.70. The van der Waals surface area contributed by atoms with Gasteiger partial charge in [-0.05, 0) is 55.9 Å². The molecule has 0 saturated carbocycles. The maximum Gasteiger partial charge on any atom is 0.277 e. The number of piperidine rings is 1. The highest BCUT2D eigenvalue weighted by Crippen LogP contribution is 2.25. The van der Waals surface area contributed by atoms with Crippen molar-refractivity contribution < 1.29 is 9.21 Å². The number of hydrogen-bond donors (Lipinski definition) is 0. The Morgan fingerprint density at radius 1 is 1.33 bits per heavy atom. The highest BCUT2D eigenvalue weighted by molar-refractivity contribution is 7.99. The van der Waals surface area contributed by atoms with E-state index in [1.165, 1.54) is 29.3 Å². The third-order valence-electron chi connectivity index (χ3n) is 4.49. The molecule has 5 nitrogen and oxygen atoms in total. The van der Waals surface area contributed by atoms with Crippen LogP contribution in [0, 0.1) is 19.8 Å². The summed E-state index contributed by atoms with van der Waals surface area (Å²) in [5.41, 5.74) is 3.33. The molecule has 0 N–H and O–H groups in total. The summed E-state index contributed by atoms with van der Waals surface area (Å²) in [4.78, 5) is 14.2. The van der Waals surface area contributed by atoms with Crippen molar-refractivity contribution in [2.75, 3.05) is 18.8 Å². The topological polar surface area (TPSA) is 59.2 Å². The molecule has 1 aromatic carbocycles. The third kappa shape index (κ3) is 3.98. The van der Waals surface area contributed by atoms with Crippen molar-refractivity contribution in [3.8, 4) is 11.5 Å². The lowest BCUT2D eigenvalue weighted by Gasteiger charge is -2.30. The Hall–Kier alpha value is -1.82. The minimum absolute atomic E-state index is 0.150. The molecule has 1 fully saturated rings. The quantitative estimate of drug-likeness (QED) is 0.791. The lowest BCUT2D eigenvalue weighted by molar-refractivity contribution is -0.130. The summed E-state index contributed by atoms with van der Waals surface area (Å²) in [6.45, 7) is 8.05. The van der Waals surface area contributed by atoms with Gasteiger partial charge in [0.1, 0.15) is 0 Å². The van der Waals surface area contributed by atoms with Crippen LogP contribution in [0.5, 0.6) is 0 Å². The fourth-order valence-corrected chi connectivity index (χ4v) is 3.56. The summed E-state index contributed by atoms with van der Waals surface area (Å²) in [6.07, 6.45) is 2.30. The molecule has 1 aliphatic heterocycles. The highest BCUT2D eigenvalue weighted by atomic mass is 32.2. The van der Waals surface area contributed by atoms with Crippen LogP contribution >= 0.6 is 11.8 Å². The number of thioether (sulfide) groups is 1. The van der Waals surface area contributed by atoms with Crippen LogP contribution in [0.1, 0.15) is 30.9 Å². The van der Waals surface area contributed by atoms with E-state index < -0.39 is 0 Å². The van der Waals surface area contributed by atoms with Gasteiger partial charge in [0.15, 0.2) is 0 Å². The summed E-state index contributed by atoms with van der Waals surface area (Å²) in [5.74, 6) is 1.59. The first-order valence-electron chi connectivity index (χ1n) is 8.34. The summed E-state index contributed by atoms with van der Waals surface area (Å²) >= 11 is 1.31. The second kappa shape index (κ2) is 7.38. The van der Waals surface area contributed by atoms with Gasteiger partial charge in [-0.15, -0.1) is 10.2 Å². The number of benzene rings is 1. The van der Waals surface area contributed by atoms with E-state index in [1.807, 2.05) is 23.1 Å². The molecule has 0 aliphatic carbocycles. The Balaban J connectivity index is 1.59. The van der Waals surface area contributed by atoms with Gasteiger partial charge in [0, 0.05) is 18.7 Å². The standard InChI is InChI=1S/C18H23N3O2S/c1-12-5-4-8-21(10-12)16(22)11-24-18-20-19-17(23-18)15-7-6-13(2)14(3)9-15/h6-7,9,12H,4-5,8,10-11H2,1-3H3. The molecule has 6 heteroatoms. The number of amides is 1. The van der Waals surface area contributed by atoms with Crippen molar-refractivity contribution >= 4 is 17.7 Å². The van der Waals surface area contributed by atoms with Crippen molar-refractivity contribution in [1.29, 1.82) is 0 Å². The average Bonchev–Trinajstić information content (AvgIpc) is 3.04. The Morgan fingerprint density at radius 2 is 2.17 bits per heavy atom. The van der Waals surface area contributed by atoms with Gasteiger partial charge in [-0.25, -0.2) is 0 Å². The van der Waals surface area contributed by atoms with Gasteiger partial charge in [0.05, 0.1) is 5.75 Å².